The predicted molar refractivity (Wildman–Crippen MR) is 82.4 cm³/mol. The third-order valence-corrected chi connectivity index (χ3v) is 3.64. The van der Waals surface area contributed by atoms with Crippen LogP contribution in [0.15, 0.2) is 24.3 Å². The van der Waals surface area contributed by atoms with E-state index >= 15 is 0 Å². The first kappa shape index (κ1) is 15.8. The number of carbonyl (C=O) groups excluding carboxylic acids is 1. The Bertz CT molecular complexity index is 459. The van der Waals surface area contributed by atoms with Gasteiger partial charge in [0.15, 0.2) is 0 Å². The largest absolute Gasteiger partial charge is 0.489 e. The number of rotatable bonds is 6. The summed E-state index contributed by atoms with van der Waals surface area (Å²) in [5, 5.41) is 2.86. The van der Waals surface area contributed by atoms with Crippen LogP contribution in [0.25, 0.3) is 0 Å². The highest BCUT2D eigenvalue weighted by atomic mass is 16.5. The lowest BCUT2D eigenvalue weighted by atomic mass is 10.1. The van der Waals surface area contributed by atoms with E-state index in [2.05, 4.69) is 5.32 Å². The molecule has 1 amide bonds. The molecule has 0 radical (unpaired) electrons. The fraction of sp³-hybridized carbons (Fsp3) is 0.562. The Kier molecular flexibility index (Phi) is 6.02. The highest BCUT2D eigenvalue weighted by molar-refractivity contribution is 5.93. The summed E-state index contributed by atoms with van der Waals surface area (Å²) in [7, 11) is 0. The van der Waals surface area contributed by atoms with Crippen molar-refractivity contribution in [3.05, 3.63) is 24.3 Å². The van der Waals surface area contributed by atoms with Crippen LogP contribution >= 0.6 is 0 Å². The first-order chi connectivity index (χ1) is 10.2. The lowest BCUT2D eigenvalue weighted by molar-refractivity contribution is -0.119. The number of ether oxygens (including phenoxy) is 2. The van der Waals surface area contributed by atoms with Crippen molar-refractivity contribution < 1.29 is 14.3 Å². The Morgan fingerprint density at radius 2 is 2.29 bits per heavy atom. The third kappa shape index (κ3) is 4.72. The second-order valence-electron chi connectivity index (χ2n) is 5.42. The molecule has 0 saturated carbocycles. The molecule has 0 bridgehead atoms. The average Bonchev–Trinajstić information content (AvgIpc) is 2.54. The monoisotopic (exact) mass is 292 g/mol. The number of nitrogens with one attached hydrogen (secondary N) is 1. The molecule has 5 nitrogen and oxygen atoms in total. The first-order valence-electron chi connectivity index (χ1n) is 7.55. The highest BCUT2D eigenvalue weighted by Crippen LogP contribution is 2.25. The van der Waals surface area contributed by atoms with Gasteiger partial charge in [0.25, 0.3) is 0 Å². The fourth-order valence-corrected chi connectivity index (χ4v) is 2.18. The SMILES string of the molecule is CC(CN)C(=O)Nc1ccccc1OCC1CCCCO1. The molecule has 1 aromatic rings. The van der Waals surface area contributed by atoms with Gasteiger partial charge in [0.05, 0.1) is 11.8 Å². The number of benzene rings is 1. The predicted octanol–water partition coefficient (Wildman–Crippen LogP) is 2.17. The van der Waals surface area contributed by atoms with Crippen LogP contribution < -0.4 is 15.8 Å². The zero-order valence-electron chi connectivity index (χ0n) is 12.5. The number of hydrogen-bond donors (Lipinski definition) is 2. The molecule has 1 aliphatic rings. The van der Waals surface area contributed by atoms with Crippen molar-refractivity contribution >= 4 is 11.6 Å². The molecule has 21 heavy (non-hydrogen) atoms. The maximum atomic E-state index is 11.9. The van der Waals surface area contributed by atoms with Crippen LogP contribution in [0.4, 0.5) is 5.69 Å². The Morgan fingerprint density at radius 3 is 3.00 bits per heavy atom. The van der Waals surface area contributed by atoms with Crippen LogP contribution in [-0.2, 0) is 9.53 Å². The zero-order chi connectivity index (χ0) is 15.1. The van der Waals surface area contributed by atoms with Crippen LogP contribution in [0.3, 0.4) is 0 Å². The van der Waals surface area contributed by atoms with Crippen molar-refractivity contribution in [1.82, 2.24) is 0 Å². The first-order valence-corrected chi connectivity index (χ1v) is 7.55. The number of carbonyl (C=O) groups is 1. The van der Waals surface area contributed by atoms with Gasteiger partial charge < -0.3 is 20.5 Å². The second-order valence-corrected chi connectivity index (χ2v) is 5.42. The minimum Gasteiger partial charge on any atom is -0.489 e. The van der Waals surface area contributed by atoms with Gasteiger partial charge in [0, 0.05) is 19.1 Å². The van der Waals surface area contributed by atoms with E-state index in [1.807, 2.05) is 24.3 Å². The molecule has 1 fully saturated rings. The molecular weight excluding hydrogens is 268 g/mol. The molecule has 0 aromatic heterocycles. The van der Waals surface area contributed by atoms with Crippen molar-refractivity contribution in [2.45, 2.75) is 32.3 Å². The molecule has 0 spiro atoms. The Morgan fingerprint density at radius 1 is 1.48 bits per heavy atom. The second kappa shape index (κ2) is 8.00. The van der Waals surface area contributed by atoms with E-state index in [1.165, 1.54) is 6.42 Å². The van der Waals surface area contributed by atoms with Crippen LogP contribution in [-0.4, -0.2) is 31.8 Å². The maximum absolute atomic E-state index is 11.9. The topological polar surface area (TPSA) is 73.6 Å². The van der Waals surface area contributed by atoms with Crippen molar-refractivity contribution in [3.8, 4) is 5.75 Å². The molecule has 3 N–H and O–H groups in total. The summed E-state index contributed by atoms with van der Waals surface area (Å²) in [5.74, 6) is 0.353. The van der Waals surface area contributed by atoms with E-state index in [0.29, 0.717) is 24.6 Å². The van der Waals surface area contributed by atoms with Crippen LogP contribution in [0.2, 0.25) is 0 Å². The fourth-order valence-electron chi connectivity index (χ4n) is 2.18. The summed E-state index contributed by atoms with van der Waals surface area (Å²) in [5.41, 5.74) is 6.19. The smallest absolute Gasteiger partial charge is 0.228 e. The Hall–Kier alpha value is -1.59. The molecule has 2 unspecified atom stereocenters. The van der Waals surface area contributed by atoms with Gasteiger partial charge in [-0.25, -0.2) is 0 Å². The Labute approximate surface area is 125 Å². The molecule has 5 heteroatoms. The highest BCUT2D eigenvalue weighted by Gasteiger charge is 2.17. The molecule has 1 heterocycles. The summed E-state index contributed by atoms with van der Waals surface area (Å²) in [6.45, 7) is 3.44. The molecule has 1 saturated heterocycles. The van der Waals surface area contributed by atoms with Crippen LogP contribution in [0, 0.1) is 5.92 Å². The van der Waals surface area contributed by atoms with E-state index in [1.54, 1.807) is 6.92 Å². The van der Waals surface area contributed by atoms with Crippen molar-refractivity contribution in [2.24, 2.45) is 11.7 Å². The van der Waals surface area contributed by atoms with Crippen molar-refractivity contribution in [3.63, 3.8) is 0 Å². The van der Waals surface area contributed by atoms with Gasteiger partial charge in [0.2, 0.25) is 5.91 Å². The third-order valence-electron chi connectivity index (χ3n) is 3.64. The van der Waals surface area contributed by atoms with E-state index < -0.39 is 0 Å². The minimum atomic E-state index is -0.222. The van der Waals surface area contributed by atoms with Gasteiger partial charge in [-0.3, -0.25) is 4.79 Å². The van der Waals surface area contributed by atoms with E-state index in [-0.39, 0.29) is 17.9 Å². The number of amides is 1. The number of nitrogens with two attached hydrogens (primary N) is 1. The number of para-hydroxylation sites is 2. The quantitative estimate of drug-likeness (QED) is 0.842. The Balaban J connectivity index is 1.94. The molecule has 1 aromatic carbocycles. The van der Waals surface area contributed by atoms with E-state index in [0.717, 1.165) is 19.4 Å². The van der Waals surface area contributed by atoms with Crippen molar-refractivity contribution in [2.75, 3.05) is 25.1 Å². The molecule has 0 aliphatic carbocycles. The normalized spacial score (nSPS) is 19.8. The van der Waals surface area contributed by atoms with E-state index in [9.17, 15) is 4.79 Å². The van der Waals surface area contributed by atoms with Gasteiger partial charge in [0.1, 0.15) is 12.4 Å². The van der Waals surface area contributed by atoms with Gasteiger partial charge in [-0.1, -0.05) is 19.1 Å². The van der Waals surface area contributed by atoms with Gasteiger partial charge in [-0.05, 0) is 31.4 Å². The van der Waals surface area contributed by atoms with Crippen LogP contribution in [0.1, 0.15) is 26.2 Å². The summed E-state index contributed by atoms with van der Waals surface area (Å²) < 4.78 is 11.5. The zero-order valence-corrected chi connectivity index (χ0v) is 12.5. The lowest BCUT2D eigenvalue weighted by Gasteiger charge is -2.23. The minimum absolute atomic E-state index is 0.0949. The van der Waals surface area contributed by atoms with Gasteiger partial charge in [-0.2, -0.15) is 0 Å². The van der Waals surface area contributed by atoms with E-state index in [4.69, 9.17) is 15.2 Å². The maximum Gasteiger partial charge on any atom is 0.228 e. The number of hydrogen-bond acceptors (Lipinski definition) is 4. The van der Waals surface area contributed by atoms with Gasteiger partial charge >= 0.3 is 0 Å². The van der Waals surface area contributed by atoms with Crippen molar-refractivity contribution in [1.29, 1.82) is 0 Å². The molecule has 2 rings (SSSR count). The summed E-state index contributed by atoms with van der Waals surface area (Å²) in [6, 6.07) is 7.44. The summed E-state index contributed by atoms with van der Waals surface area (Å²) in [4.78, 5) is 11.9. The molecule has 1 aliphatic heterocycles. The molecular formula is C16H24N2O3. The van der Waals surface area contributed by atoms with Crippen LogP contribution in [0.5, 0.6) is 5.75 Å². The summed E-state index contributed by atoms with van der Waals surface area (Å²) >= 11 is 0. The van der Waals surface area contributed by atoms with Gasteiger partial charge in [-0.15, -0.1) is 0 Å². The number of anilines is 1. The molecule has 2 atom stereocenters. The molecule has 116 valence electrons. The standard InChI is InChI=1S/C16H24N2O3/c1-12(10-17)16(19)18-14-7-2-3-8-15(14)21-11-13-6-4-5-9-20-13/h2-3,7-8,12-13H,4-6,9-11,17H2,1H3,(H,18,19). The summed E-state index contributed by atoms with van der Waals surface area (Å²) in [6.07, 6.45) is 3.48. The average molecular weight is 292 g/mol. The lowest BCUT2D eigenvalue weighted by Crippen LogP contribution is -2.28.